The Labute approximate surface area is 275 Å². The molecule has 0 spiro atoms. The molecular formula is C32H68O12Si. The lowest BCUT2D eigenvalue weighted by molar-refractivity contribution is -0.0833. The standard InChI is InChI=1S/C32H68O12Si/c1-29(2,3)37-21-13-33-17-25-41-45(42-26-18-34-14-22-38-30(4,5)6,43-27-19-35-15-23-39-31(7,8)9)44-28-20-36-16-24-40-32(10,11)12/h13-28H2,1-12H3. The van der Waals surface area contributed by atoms with Gasteiger partial charge >= 0.3 is 9.05 Å². The maximum Gasteiger partial charge on any atom is 0.680 e. The van der Waals surface area contributed by atoms with E-state index in [9.17, 15) is 0 Å². The second kappa shape index (κ2) is 24.0. The molecule has 0 aromatic carbocycles. The van der Waals surface area contributed by atoms with Crippen LogP contribution in [0.15, 0.2) is 0 Å². The first kappa shape index (κ1) is 44.7. The van der Waals surface area contributed by atoms with Crippen molar-refractivity contribution >= 4 is 9.05 Å². The molecule has 0 atom stereocenters. The summed E-state index contributed by atoms with van der Waals surface area (Å²) >= 11 is 0. The highest BCUT2D eigenvalue weighted by Gasteiger charge is 2.46. The van der Waals surface area contributed by atoms with Crippen LogP contribution in [0.5, 0.6) is 0 Å². The molecule has 0 unspecified atom stereocenters. The molecule has 0 aliphatic heterocycles. The van der Waals surface area contributed by atoms with Crippen molar-refractivity contribution in [2.45, 2.75) is 105 Å². The van der Waals surface area contributed by atoms with E-state index in [0.717, 1.165) is 0 Å². The van der Waals surface area contributed by atoms with Crippen LogP contribution in [0, 0.1) is 0 Å². The SMILES string of the molecule is CC(C)(C)OCCOCCO[Si](OCCOCCOC(C)(C)C)(OCCOCCOC(C)(C)C)OCCOCCOC(C)(C)C. The average Bonchev–Trinajstić information content (AvgIpc) is 2.88. The molecule has 12 nitrogen and oxygen atoms in total. The van der Waals surface area contributed by atoms with Crippen molar-refractivity contribution in [3.8, 4) is 0 Å². The van der Waals surface area contributed by atoms with Crippen LogP contribution in [0.3, 0.4) is 0 Å². The molecule has 0 rings (SSSR count). The fraction of sp³-hybridized carbons (Fsp3) is 1.00. The van der Waals surface area contributed by atoms with Crippen molar-refractivity contribution in [2.75, 3.05) is 106 Å². The smallest absolute Gasteiger partial charge is 0.377 e. The van der Waals surface area contributed by atoms with E-state index < -0.39 is 9.05 Å². The van der Waals surface area contributed by atoms with Gasteiger partial charge in [0.05, 0.1) is 128 Å². The monoisotopic (exact) mass is 672 g/mol. The first-order valence-electron chi connectivity index (χ1n) is 16.3. The molecule has 0 N–H and O–H groups in total. The molecule has 13 heteroatoms. The molecule has 0 aliphatic rings. The molecule has 0 fully saturated rings. The zero-order valence-corrected chi connectivity index (χ0v) is 31.7. The van der Waals surface area contributed by atoms with Gasteiger partial charge in [0, 0.05) is 0 Å². The molecule has 0 amide bonds. The Bertz CT molecular complexity index is 566. The van der Waals surface area contributed by atoms with Crippen LogP contribution in [-0.2, 0) is 55.6 Å². The summed E-state index contributed by atoms with van der Waals surface area (Å²) in [4.78, 5) is 0. The van der Waals surface area contributed by atoms with Gasteiger partial charge in [0.2, 0.25) is 0 Å². The van der Waals surface area contributed by atoms with Crippen molar-refractivity contribution in [3.05, 3.63) is 0 Å². The van der Waals surface area contributed by atoms with Crippen LogP contribution in [0.25, 0.3) is 0 Å². The molecule has 0 aromatic heterocycles. The van der Waals surface area contributed by atoms with Crippen molar-refractivity contribution in [3.63, 3.8) is 0 Å². The highest BCUT2D eigenvalue weighted by molar-refractivity contribution is 6.53. The number of hydrogen-bond donors (Lipinski definition) is 0. The fourth-order valence-electron chi connectivity index (χ4n) is 3.19. The van der Waals surface area contributed by atoms with E-state index >= 15 is 0 Å². The summed E-state index contributed by atoms with van der Waals surface area (Å²) in [5.74, 6) is 0. The number of rotatable bonds is 28. The Hall–Kier alpha value is -0.263. The number of ether oxygens (including phenoxy) is 8. The topological polar surface area (TPSA) is 111 Å². The van der Waals surface area contributed by atoms with Gasteiger partial charge < -0.3 is 55.6 Å². The van der Waals surface area contributed by atoms with Gasteiger partial charge in [-0.2, -0.15) is 0 Å². The van der Waals surface area contributed by atoms with Crippen molar-refractivity contribution in [2.24, 2.45) is 0 Å². The van der Waals surface area contributed by atoms with E-state index in [-0.39, 0.29) is 48.8 Å². The molecule has 45 heavy (non-hydrogen) atoms. The summed E-state index contributed by atoms with van der Waals surface area (Å²) in [6.07, 6.45) is 0. The fourth-order valence-corrected chi connectivity index (χ4v) is 5.02. The van der Waals surface area contributed by atoms with Gasteiger partial charge in [-0.25, -0.2) is 0 Å². The van der Waals surface area contributed by atoms with E-state index in [0.29, 0.717) is 79.3 Å². The van der Waals surface area contributed by atoms with Gasteiger partial charge in [0.15, 0.2) is 0 Å². The molecular weight excluding hydrogens is 604 g/mol. The van der Waals surface area contributed by atoms with Gasteiger partial charge in [-0.05, 0) is 83.1 Å². The Morgan fingerprint density at radius 2 is 0.444 bits per heavy atom. The summed E-state index contributed by atoms with van der Waals surface area (Å²) in [5.41, 5.74) is -0.888. The van der Waals surface area contributed by atoms with Gasteiger partial charge in [0.25, 0.3) is 0 Å². The first-order chi connectivity index (χ1) is 20.8. The van der Waals surface area contributed by atoms with Crippen LogP contribution in [0.1, 0.15) is 83.1 Å². The minimum atomic E-state index is -3.63. The highest BCUT2D eigenvalue weighted by atomic mass is 28.4. The zero-order chi connectivity index (χ0) is 34.3. The zero-order valence-electron chi connectivity index (χ0n) is 30.7. The molecule has 0 heterocycles. The lowest BCUT2D eigenvalue weighted by Crippen LogP contribution is -2.51. The van der Waals surface area contributed by atoms with Crippen LogP contribution in [0.4, 0.5) is 0 Å². The predicted molar refractivity (Wildman–Crippen MR) is 176 cm³/mol. The molecule has 272 valence electrons. The van der Waals surface area contributed by atoms with Crippen LogP contribution in [0.2, 0.25) is 0 Å². The third-order valence-corrected chi connectivity index (χ3v) is 7.31. The largest absolute Gasteiger partial charge is 0.680 e. The van der Waals surface area contributed by atoms with E-state index in [4.69, 9.17) is 55.6 Å². The Balaban J connectivity index is 5.07. The van der Waals surface area contributed by atoms with Gasteiger partial charge in [-0.15, -0.1) is 0 Å². The molecule has 0 bridgehead atoms. The van der Waals surface area contributed by atoms with Gasteiger partial charge in [0.1, 0.15) is 0 Å². The lowest BCUT2D eigenvalue weighted by atomic mass is 10.2. The van der Waals surface area contributed by atoms with Crippen LogP contribution >= 0.6 is 0 Å². The highest BCUT2D eigenvalue weighted by Crippen LogP contribution is 2.14. The molecule has 0 aromatic rings. The summed E-state index contributed by atoms with van der Waals surface area (Å²) in [6, 6.07) is 0. The maximum atomic E-state index is 6.16. The van der Waals surface area contributed by atoms with E-state index in [1.165, 1.54) is 0 Å². The maximum absolute atomic E-state index is 6.16. The van der Waals surface area contributed by atoms with E-state index in [2.05, 4.69) is 0 Å². The minimum Gasteiger partial charge on any atom is -0.377 e. The molecule has 0 saturated carbocycles. The van der Waals surface area contributed by atoms with Crippen LogP contribution in [-0.4, -0.2) is 137 Å². The summed E-state index contributed by atoms with van der Waals surface area (Å²) in [5, 5.41) is 0. The second-order valence-electron chi connectivity index (χ2n) is 14.2. The normalized spacial score (nSPS) is 13.6. The first-order valence-corrected chi connectivity index (χ1v) is 17.9. The molecule has 0 saturated heterocycles. The van der Waals surface area contributed by atoms with E-state index in [1.54, 1.807) is 0 Å². The van der Waals surface area contributed by atoms with Crippen molar-refractivity contribution in [1.29, 1.82) is 0 Å². The Morgan fingerprint density at radius 1 is 0.267 bits per heavy atom. The molecule has 0 radical (unpaired) electrons. The summed E-state index contributed by atoms with van der Waals surface area (Å²) < 4.78 is 70.3. The quantitative estimate of drug-likeness (QED) is 0.0840. The van der Waals surface area contributed by atoms with E-state index in [1.807, 2.05) is 83.1 Å². The Morgan fingerprint density at radius 3 is 0.622 bits per heavy atom. The van der Waals surface area contributed by atoms with Gasteiger partial charge in [-0.3, -0.25) is 0 Å². The van der Waals surface area contributed by atoms with Crippen LogP contribution < -0.4 is 0 Å². The van der Waals surface area contributed by atoms with Crippen molar-refractivity contribution < 1.29 is 55.6 Å². The Kier molecular flexibility index (Phi) is 23.8. The van der Waals surface area contributed by atoms with Gasteiger partial charge in [-0.1, -0.05) is 0 Å². The van der Waals surface area contributed by atoms with Crippen molar-refractivity contribution in [1.82, 2.24) is 0 Å². The second-order valence-corrected chi connectivity index (χ2v) is 16.3. The molecule has 0 aliphatic carbocycles. The number of hydrogen-bond acceptors (Lipinski definition) is 12. The lowest BCUT2D eigenvalue weighted by Gasteiger charge is -2.28. The minimum absolute atomic E-state index is 0.211. The summed E-state index contributed by atoms with van der Waals surface area (Å²) in [6.45, 7) is 29.9. The summed E-state index contributed by atoms with van der Waals surface area (Å²) in [7, 11) is -3.63. The average molecular weight is 673 g/mol. The predicted octanol–water partition coefficient (Wildman–Crippen LogP) is 4.82. The third kappa shape index (κ3) is 33.4. The third-order valence-electron chi connectivity index (χ3n) is 5.08.